The normalized spacial score (nSPS) is 22.6. The number of piperidine rings is 1. The SMILES string of the molecule is COc1cnc(OC2CCN(CC(=O)N3CCC(C)CC3)C2)nc1. The van der Waals surface area contributed by atoms with E-state index in [0.29, 0.717) is 18.3 Å². The van der Waals surface area contributed by atoms with E-state index in [1.165, 1.54) is 0 Å². The van der Waals surface area contributed by atoms with Gasteiger partial charge in [0.15, 0.2) is 5.75 Å². The van der Waals surface area contributed by atoms with Crippen molar-refractivity contribution in [2.75, 3.05) is 39.8 Å². The summed E-state index contributed by atoms with van der Waals surface area (Å²) in [5.74, 6) is 1.59. The summed E-state index contributed by atoms with van der Waals surface area (Å²) in [5, 5.41) is 0. The quantitative estimate of drug-likeness (QED) is 0.806. The summed E-state index contributed by atoms with van der Waals surface area (Å²) >= 11 is 0. The fourth-order valence-corrected chi connectivity index (χ4v) is 3.21. The highest BCUT2D eigenvalue weighted by atomic mass is 16.5. The molecular formula is C17H26N4O3. The Kier molecular flexibility index (Phi) is 5.50. The van der Waals surface area contributed by atoms with E-state index in [2.05, 4.69) is 21.8 Å². The molecule has 7 heteroatoms. The van der Waals surface area contributed by atoms with Crippen molar-refractivity contribution in [1.29, 1.82) is 0 Å². The molecular weight excluding hydrogens is 308 g/mol. The van der Waals surface area contributed by atoms with Crippen LogP contribution in [0.15, 0.2) is 12.4 Å². The molecule has 0 radical (unpaired) electrons. The van der Waals surface area contributed by atoms with Gasteiger partial charge >= 0.3 is 6.01 Å². The highest BCUT2D eigenvalue weighted by molar-refractivity contribution is 5.78. The maximum Gasteiger partial charge on any atom is 0.316 e. The number of carbonyl (C=O) groups is 1. The summed E-state index contributed by atoms with van der Waals surface area (Å²) in [6.07, 6.45) is 6.34. The van der Waals surface area contributed by atoms with Crippen LogP contribution in [0.4, 0.5) is 0 Å². The minimum atomic E-state index is 0.0348. The number of hydrogen-bond acceptors (Lipinski definition) is 6. The lowest BCUT2D eigenvalue weighted by Gasteiger charge is -2.31. The summed E-state index contributed by atoms with van der Waals surface area (Å²) in [6.45, 7) is 6.15. The fraction of sp³-hybridized carbons (Fsp3) is 0.706. The van der Waals surface area contributed by atoms with Crippen molar-refractivity contribution in [3.05, 3.63) is 12.4 Å². The van der Waals surface area contributed by atoms with Crippen molar-refractivity contribution in [2.24, 2.45) is 5.92 Å². The molecule has 1 aromatic heterocycles. The van der Waals surface area contributed by atoms with Gasteiger partial charge in [-0.25, -0.2) is 0 Å². The number of carbonyl (C=O) groups excluding carboxylic acids is 1. The molecule has 0 aromatic carbocycles. The molecule has 132 valence electrons. The second-order valence-electron chi connectivity index (χ2n) is 6.73. The third kappa shape index (κ3) is 4.35. The van der Waals surface area contributed by atoms with Gasteiger partial charge in [0.1, 0.15) is 6.10 Å². The molecule has 2 aliphatic rings. The van der Waals surface area contributed by atoms with Gasteiger partial charge in [-0.1, -0.05) is 6.92 Å². The van der Waals surface area contributed by atoms with Crippen molar-refractivity contribution in [1.82, 2.24) is 19.8 Å². The second-order valence-corrected chi connectivity index (χ2v) is 6.73. The smallest absolute Gasteiger partial charge is 0.316 e. The van der Waals surface area contributed by atoms with E-state index in [-0.39, 0.29) is 12.0 Å². The molecule has 7 nitrogen and oxygen atoms in total. The molecule has 0 bridgehead atoms. The number of nitrogens with zero attached hydrogens (tertiary/aromatic N) is 4. The number of methoxy groups -OCH3 is 1. The maximum atomic E-state index is 12.4. The van der Waals surface area contributed by atoms with Crippen molar-refractivity contribution < 1.29 is 14.3 Å². The zero-order valence-electron chi connectivity index (χ0n) is 14.5. The fourth-order valence-electron chi connectivity index (χ4n) is 3.21. The first kappa shape index (κ1) is 17.0. The molecule has 1 aromatic rings. The van der Waals surface area contributed by atoms with Crippen LogP contribution in [-0.2, 0) is 4.79 Å². The maximum absolute atomic E-state index is 12.4. The Bertz CT molecular complexity index is 543. The van der Waals surface area contributed by atoms with Crippen LogP contribution < -0.4 is 9.47 Å². The van der Waals surface area contributed by atoms with E-state index in [1.807, 2.05) is 4.90 Å². The highest BCUT2D eigenvalue weighted by Crippen LogP contribution is 2.19. The topological polar surface area (TPSA) is 67.8 Å². The van der Waals surface area contributed by atoms with Crippen LogP contribution in [0.3, 0.4) is 0 Å². The number of rotatable bonds is 5. The predicted molar refractivity (Wildman–Crippen MR) is 89.0 cm³/mol. The first-order valence-corrected chi connectivity index (χ1v) is 8.67. The molecule has 0 saturated carbocycles. The van der Waals surface area contributed by atoms with Crippen LogP contribution in [0.25, 0.3) is 0 Å². The molecule has 1 amide bonds. The molecule has 1 unspecified atom stereocenters. The summed E-state index contributed by atoms with van der Waals surface area (Å²) in [5.41, 5.74) is 0. The van der Waals surface area contributed by atoms with Gasteiger partial charge in [-0.15, -0.1) is 0 Å². The van der Waals surface area contributed by atoms with E-state index in [4.69, 9.17) is 9.47 Å². The lowest BCUT2D eigenvalue weighted by Crippen LogP contribution is -2.43. The molecule has 24 heavy (non-hydrogen) atoms. The summed E-state index contributed by atoms with van der Waals surface area (Å²) in [7, 11) is 1.58. The van der Waals surface area contributed by atoms with Crippen LogP contribution in [0.5, 0.6) is 11.8 Å². The summed E-state index contributed by atoms with van der Waals surface area (Å²) in [6, 6.07) is 0.360. The van der Waals surface area contributed by atoms with E-state index >= 15 is 0 Å². The van der Waals surface area contributed by atoms with Crippen molar-refractivity contribution >= 4 is 5.91 Å². The monoisotopic (exact) mass is 334 g/mol. The lowest BCUT2D eigenvalue weighted by atomic mass is 9.99. The van der Waals surface area contributed by atoms with E-state index in [9.17, 15) is 4.79 Å². The van der Waals surface area contributed by atoms with Gasteiger partial charge in [-0.2, -0.15) is 9.97 Å². The highest BCUT2D eigenvalue weighted by Gasteiger charge is 2.28. The molecule has 0 N–H and O–H groups in total. The second kappa shape index (κ2) is 7.79. The van der Waals surface area contributed by atoms with Gasteiger partial charge < -0.3 is 14.4 Å². The minimum Gasteiger partial charge on any atom is -0.494 e. The van der Waals surface area contributed by atoms with E-state index in [1.54, 1.807) is 19.5 Å². The molecule has 2 saturated heterocycles. The van der Waals surface area contributed by atoms with Crippen LogP contribution >= 0.6 is 0 Å². The van der Waals surface area contributed by atoms with Crippen LogP contribution in [0.1, 0.15) is 26.2 Å². The third-order valence-corrected chi connectivity index (χ3v) is 4.84. The van der Waals surface area contributed by atoms with Gasteiger partial charge in [-0.05, 0) is 25.2 Å². The van der Waals surface area contributed by atoms with Gasteiger partial charge in [0.05, 0.1) is 26.0 Å². The molecule has 0 spiro atoms. The Hall–Kier alpha value is -1.89. The van der Waals surface area contributed by atoms with Crippen LogP contribution in [-0.4, -0.2) is 71.6 Å². The molecule has 0 aliphatic carbocycles. The van der Waals surface area contributed by atoms with Crippen molar-refractivity contribution in [2.45, 2.75) is 32.3 Å². The van der Waals surface area contributed by atoms with E-state index in [0.717, 1.165) is 51.4 Å². The number of ether oxygens (including phenoxy) is 2. The molecule has 2 fully saturated rings. The first-order valence-electron chi connectivity index (χ1n) is 8.67. The van der Waals surface area contributed by atoms with Gasteiger partial charge in [0.25, 0.3) is 0 Å². The zero-order valence-corrected chi connectivity index (χ0v) is 14.5. The molecule has 3 rings (SSSR count). The Morgan fingerprint density at radius 3 is 2.58 bits per heavy atom. The lowest BCUT2D eigenvalue weighted by molar-refractivity contribution is -0.133. The molecule has 3 heterocycles. The number of likely N-dealkylation sites (tertiary alicyclic amines) is 2. The van der Waals surface area contributed by atoms with Crippen molar-refractivity contribution in [3.8, 4) is 11.8 Å². The largest absolute Gasteiger partial charge is 0.494 e. The molecule has 1 atom stereocenters. The van der Waals surface area contributed by atoms with E-state index < -0.39 is 0 Å². The third-order valence-electron chi connectivity index (χ3n) is 4.84. The van der Waals surface area contributed by atoms with Gasteiger partial charge in [0.2, 0.25) is 5.91 Å². The first-order chi connectivity index (χ1) is 11.6. The molecule has 2 aliphatic heterocycles. The standard InChI is InChI=1S/C17H26N4O3/c1-13-3-7-21(8-4-13)16(22)12-20-6-5-14(11-20)24-17-18-9-15(23-2)10-19-17/h9-10,13-14H,3-8,11-12H2,1-2H3. The van der Waals surface area contributed by atoms with Crippen LogP contribution in [0.2, 0.25) is 0 Å². The minimum absolute atomic E-state index is 0.0348. The number of aromatic nitrogens is 2. The summed E-state index contributed by atoms with van der Waals surface area (Å²) in [4.78, 5) is 24.8. The Labute approximate surface area is 143 Å². The Balaban J connectivity index is 1.44. The summed E-state index contributed by atoms with van der Waals surface area (Å²) < 4.78 is 10.8. The Morgan fingerprint density at radius 1 is 1.21 bits per heavy atom. The number of amides is 1. The van der Waals surface area contributed by atoms with Gasteiger partial charge in [0, 0.05) is 26.2 Å². The predicted octanol–water partition coefficient (Wildman–Crippen LogP) is 1.20. The average Bonchev–Trinajstić information content (AvgIpc) is 3.03. The van der Waals surface area contributed by atoms with Gasteiger partial charge in [-0.3, -0.25) is 9.69 Å². The Morgan fingerprint density at radius 2 is 1.92 bits per heavy atom. The average molecular weight is 334 g/mol. The van der Waals surface area contributed by atoms with Crippen molar-refractivity contribution in [3.63, 3.8) is 0 Å². The number of hydrogen-bond donors (Lipinski definition) is 0. The van der Waals surface area contributed by atoms with Crippen LogP contribution in [0, 0.1) is 5.92 Å². The zero-order chi connectivity index (χ0) is 16.9.